The highest BCUT2D eigenvalue weighted by molar-refractivity contribution is 5.92. The number of aryl methyl sites for hydroxylation is 1. The number of rotatable bonds is 11. The van der Waals surface area contributed by atoms with Gasteiger partial charge in [-0.15, -0.1) is 0 Å². The maximum absolute atomic E-state index is 11.6. The summed E-state index contributed by atoms with van der Waals surface area (Å²) in [4.78, 5) is 26.3. The molecule has 0 N–H and O–H groups in total. The van der Waals surface area contributed by atoms with Gasteiger partial charge in [-0.05, 0) is 36.6 Å². The summed E-state index contributed by atoms with van der Waals surface area (Å²) < 4.78 is 16.0. The molecule has 0 atom stereocenters. The summed E-state index contributed by atoms with van der Waals surface area (Å²) in [6.45, 7) is 5.52. The molecule has 0 radical (unpaired) electrons. The quantitative estimate of drug-likeness (QED) is 0.392. The number of ether oxygens (including phenoxy) is 3. The average Bonchev–Trinajstić information content (AvgIpc) is 2.88. The van der Waals surface area contributed by atoms with Crippen LogP contribution in [0.2, 0.25) is 0 Å². The summed E-state index contributed by atoms with van der Waals surface area (Å²) >= 11 is 0. The van der Waals surface area contributed by atoms with Crippen molar-refractivity contribution in [3.63, 3.8) is 0 Å². The number of carbonyl (C=O) groups excluding carboxylic acids is 2. The van der Waals surface area contributed by atoms with Gasteiger partial charge in [-0.25, -0.2) is 0 Å². The summed E-state index contributed by atoms with van der Waals surface area (Å²) in [5.41, 5.74) is 3.38. The molecule has 7 nitrogen and oxygen atoms in total. The second kappa shape index (κ2) is 15.0. The highest BCUT2D eigenvalue weighted by Gasteiger charge is 2.26. The van der Waals surface area contributed by atoms with Crippen LogP contribution in [0.15, 0.2) is 36.4 Å². The molecule has 1 saturated heterocycles. The number of benzene rings is 2. The van der Waals surface area contributed by atoms with Crippen molar-refractivity contribution in [1.82, 2.24) is 9.80 Å². The highest BCUT2D eigenvalue weighted by Crippen LogP contribution is 2.41. The third kappa shape index (κ3) is 8.47. The number of piperazine rings is 1. The molecule has 0 spiro atoms. The fraction of sp³-hybridized carbons (Fsp3) is 0.517. The molecule has 7 heteroatoms. The first-order valence-electron chi connectivity index (χ1n) is 12.7. The van der Waals surface area contributed by atoms with Crippen LogP contribution in [-0.4, -0.2) is 69.6 Å². The molecule has 0 unspecified atom stereocenters. The second-order valence-electron chi connectivity index (χ2n) is 9.11. The van der Waals surface area contributed by atoms with Crippen molar-refractivity contribution in [2.24, 2.45) is 0 Å². The van der Waals surface area contributed by atoms with Crippen LogP contribution in [0.1, 0.15) is 51.0 Å². The Labute approximate surface area is 216 Å². The van der Waals surface area contributed by atoms with Gasteiger partial charge in [-0.3, -0.25) is 9.59 Å². The van der Waals surface area contributed by atoms with Crippen molar-refractivity contribution in [3.8, 4) is 28.4 Å². The van der Waals surface area contributed by atoms with E-state index in [1.54, 1.807) is 33.3 Å². The average molecular weight is 499 g/mol. The van der Waals surface area contributed by atoms with Crippen molar-refractivity contribution in [2.75, 3.05) is 48.0 Å². The van der Waals surface area contributed by atoms with E-state index >= 15 is 0 Å². The van der Waals surface area contributed by atoms with E-state index in [9.17, 15) is 9.59 Å². The molecule has 0 aromatic heterocycles. The molecule has 1 aliphatic rings. The van der Waals surface area contributed by atoms with Crippen LogP contribution >= 0.6 is 0 Å². The van der Waals surface area contributed by atoms with Gasteiger partial charge in [-0.2, -0.15) is 0 Å². The van der Waals surface area contributed by atoms with Crippen LogP contribution in [-0.2, 0) is 9.59 Å². The third-order valence-corrected chi connectivity index (χ3v) is 6.31. The van der Waals surface area contributed by atoms with Gasteiger partial charge in [-0.1, -0.05) is 68.9 Å². The second-order valence-corrected chi connectivity index (χ2v) is 9.11. The Morgan fingerprint density at radius 1 is 0.750 bits per heavy atom. The molecule has 0 bridgehead atoms. The largest absolute Gasteiger partial charge is 0.493 e. The molecule has 2 aromatic carbocycles. The molecule has 1 heterocycles. The Morgan fingerprint density at radius 3 is 1.89 bits per heavy atom. The fourth-order valence-electron chi connectivity index (χ4n) is 4.04. The molecule has 1 aliphatic heterocycles. The molecule has 2 amide bonds. The first-order valence-corrected chi connectivity index (χ1v) is 12.7. The molecule has 36 heavy (non-hydrogen) atoms. The van der Waals surface area contributed by atoms with E-state index in [1.165, 1.54) is 36.1 Å². The molecule has 1 fully saturated rings. The summed E-state index contributed by atoms with van der Waals surface area (Å²) in [5, 5.41) is 0. The van der Waals surface area contributed by atoms with Crippen LogP contribution in [0, 0.1) is 6.92 Å². The van der Waals surface area contributed by atoms with Gasteiger partial charge in [0.05, 0.1) is 34.4 Å². The zero-order chi connectivity index (χ0) is 26.5. The summed E-state index contributed by atoms with van der Waals surface area (Å²) in [7, 11) is 6.53. The van der Waals surface area contributed by atoms with Gasteiger partial charge < -0.3 is 24.0 Å². The minimum absolute atomic E-state index is 0.0515. The standard InChI is InChI=1S/C16H18O3.C13H24N2O2/c1-11-5-7-12(8-6-11)13-9-14(17-2)16(19-4)15(10-13)18-3;1-3-4-5-6-7-8-9-15-11-12(16)14(2)10-13(15)17/h5-10H,1-4H3;3-11H2,1-2H3. The van der Waals surface area contributed by atoms with Crippen LogP contribution < -0.4 is 14.2 Å². The van der Waals surface area contributed by atoms with E-state index in [0.29, 0.717) is 17.2 Å². The minimum atomic E-state index is 0.0515. The Balaban J connectivity index is 0.000000255. The van der Waals surface area contributed by atoms with Gasteiger partial charge in [0.1, 0.15) is 0 Å². The van der Waals surface area contributed by atoms with Crippen molar-refractivity contribution in [1.29, 1.82) is 0 Å². The summed E-state index contributed by atoms with van der Waals surface area (Å²) in [6, 6.07) is 12.2. The van der Waals surface area contributed by atoms with Crippen LogP contribution in [0.25, 0.3) is 11.1 Å². The van der Waals surface area contributed by atoms with Gasteiger partial charge in [0.2, 0.25) is 17.6 Å². The number of unbranched alkanes of at least 4 members (excludes halogenated alkanes) is 5. The number of amides is 2. The Hall–Kier alpha value is -3.22. The normalized spacial score (nSPS) is 13.3. The fourth-order valence-corrected chi connectivity index (χ4v) is 4.04. The molecule has 2 aromatic rings. The first kappa shape index (κ1) is 29.0. The molecular weight excluding hydrogens is 456 g/mol. The Bertz CT molecular complexity index is 949. The summed E-state index contributed by atoms with van der Waals surface area (Å²) in [5.74, 6) is 2.08. The number of nitrogens with zero attached hydrogens (tertiary/aromatic N) is 2. The maximum atomic E-state index is 11.6. The van der Waals surface area contributed by atoms with Crippen molar-refractivity contribution < 1.29 is 23.8 Å². The zero-order valence-electron chi connectivity index (χ0n) is 22.8. The third-order valence-electron chi connectivity index (χ3n) is 6.31. The van der Waals surface area contributed by atoms with E-state index < -0.39 is 0 Å². The topological polar surface area (TPSA) is 68.3 Å². The number of carbonyl (C=O) groups is 2. The Kier molecular flexibility index (Phi) is 12.1. The first-order chi connectivity index (χ1) is 17.3. The Morgan fingerprint density at radius 2 is 1.33 bits per heavy atom. The lowest BCUT2D eigenvalue weighted by Crippen LogP contribution is -2.52. The van der Waals surface area contributed by atoms with E-state index in [0.717, 1.165) is 30.5 Å². The van der Waals surface area contributed by atoms with Crippen molar-refractivity contribution >= 4 is 11.8 Å². The lowest BCUT2D eigenvalue weighted by atomic mass is 10.0. The number of hydrogen-bond acceptors (Lipinski definition) is 5. The monoisotopic (exact) mass is 498 g/mol. The smallest absolute Gasteiger partial charge is 0.242 e. The molecular formula is C29H42N2O5. The zero-order valence-corrected chi connectivity index (χ0v) is 22.8. The lowest BCUT2D eigenvalue weighted by Gasteiger charge is -2.31. The van der Waals surface area contributed by atoms with Crippen LogP contribution in [0.5, 0.6) is 17.2 Å². The molecule has 3 rings (SSSR count). The molecule has 198 valence electrons. The van der Waals surface area contributed by atoms with Gasteiger partial charge in [0, 0.05) is 13.6 Å². The summed E-state index contributed by atoms with van der Waals surface area (Å²) in [6.07, 6.45) is 7.26. The molecule has 0 aliphatic carbocycles. The van der Waals surface area contributed by atoms with Crippen LogP contribution in [0.3, 0.4) is 0 Å². The van der Waals surface area contributed by atoms with E-state index in [1.807, 2.05) is 12.1 Å². The minimum Gasteiger partial charge on any atom is -0.493 e. The SMILES string of the molecule is CCCCCCCCN1CC(=O)N(C)CC1=O.COc1cc(-c2ccc(C)cc2)cc(OC)c1OC. The number of hydrogen-bond donors (Lipinski definition) is 0. The molecule has 0 saturated carbocycles. The predicted molar refractivity (Wildman–Crippen MR) is 144 cm³/mol. The number of likely N-dealkylation sites (N-methyl/N-ethyl adjacent to an activating group) is 1. The lowest BCUT2D eigenvalue weighted by molar-refractivity contribution is -0.148. The van der Waals surface area contributed by atoms with Crippen molar-refractivity contribution in [2.45, 2.75) is 52.4 Å². The van der Waals surface area contributed by atoms with E-state index in [2.05, 4.69) is 38.1 Å². The van der Waals surface area contributed by atoms with E-state index in [-0.39, 0.29) is 24.9 Å². The van der Waals surface area contributed by atoms with Gasteiger partial charge in [0.25, 0.3) is 0 Å². The predicted octanol–water partition coefficient (Wildman–Crippen LogP) is 5.34. The number of methoxy groups -OCH3 is 3. The highest BCUT2D eigenvalue weighted by atomic mass is 16.5. The maximum Gasteiger partial charge on any atom is 0.242 e. The van der Waals surface area contributed by atoms with Crippen molar-refractivity contribution in [3.05, 3.63) is 42.0 Å². The van der Waals surface area contributed by atoms with Gasteiger partial charge >= 0.3 is 0 Å². The van der Waals surface area contributed by atoms with Gasteiger partial charge in [0.15, 0.2) is 11.5 Å². The van der Waals surface area contributed by atoms with Crippen LogP contribution in [0.4, 0.5) is 0 Å². The van der Waals surface area contributed by atoms with E-state index in [4.69, 9.17) is 14.2 Å².